The minimum atomic E-state index is 0.502. The Labute approximate surface area is 117 Å². The molecule has 0 fully saturated rings. The van der Waals surface area contributed by atoms with E-state index in [-0.39, 0.29) is 0 Å². The van der Waals surface area contributed by atoms with Gasteiger partial charge in [0.15, 0.2) is 0 Å². The predicted octanol–water partition coefficient (Wildman–Crippen LogP) is 3.96. The van der Waals surface area contributed by atoms with Gasteiger partial charge in [-0.05, 0) is 43.7 Å². The maximum absolute atomic E-state index is 5.99. The summed E-state index contributed by atoms with van der Waals surface area (Å²) in [5, 5.41) is 1.70. The van der Waals surface area contributed by atoms with Gasteiger partial charge in [-0.1, -0.05) is 29.4 Å². The molecule has 0 unspecified atom stereocenters. The molecule has 0 radical (unpaired) electrons. The number of halogens is 1. The summed E-state index contributed by atoms with van der Waals surface area (Å²) in [5.74, 6) is 0. The van der Waals surface area contributed by atoms with Crippen molar-refractivity contribution >= 4 is 23.4 Å². The van der Waals surface area contributed by atoms with Crippen LogP contribution in [0.3, 0.4) is 0 Å². The second-order valence-corrected chi connectivity index (χ2v) is 5.63. The summed E-state index contributed by atoms with van der Waals surface area (Å²) in [5.41, 5.74) is 9.11. The van der Waals surface area contributed by atoms with Gasteiger partial charge in [0, 0.05) is 27.7 Å². The molecule has 0 amide bonds. The van der Waals surface area contributed by atoms with Crippen LogP contribution in [0, 0.1) is 13.8 Å². The molecule has 2 rings (SSSR count). The third-order valence-electron chi connectivity index (χ3n) is 2.65. The van der Waals surface area contributed by atoms with Gasteiger partial charge in [-0.25, -0.2) is 4.98 Å². The van der Waals surface area contributed by atoms with E-state index in [1.54, 1.807) is 11.8 Å². The molecule has 2 aromatic rings. The molecule has 2 nitrogen and oxygen atoms in total. The quantitative estimate of drug-likeness (QED) is 0.924. The van der Waals surface area contributed by atoms with Gasteiger partial charge in [0.2, 0.25) is 0 Å². The Hall–Kier alpha value is -1.03. The van der Waals surface area contributed by atoms with Gasteiger partial charge in [-0.3, -0.25) is 0 Å². The van der Waals surface area contributed by atoms with Crippen LogP contribution in [0.15, 0.2) is 40.3 Å². The first-order valence-corrected chi connectivity index (χ1v) is 6.90. The molecule has 4 heteroatoms. The molecule has 2 N–H and O–H groups in total. The number of nitrogens with two attached hydrogens (primary N) is 1. The number of benzene rings is 1. The fourth-order valence-electron chi connectivity index (χ4n) is 1.80. The first kappa shape index (κ1) is 13.4. The van der Waals surface area contributed by atoms with Crippen molar-refractivity contribution in [2.45, 2.75) is 30.3 Å². The van der Waals surface area contributed by atoms with E-state index < -0.39 is 0 Å². The fourth-order valence-corrected chi connectivity index (χ4v) is 3.17. The summed E-state index contributed by atoms with van der Waals surface area (Å²) < 4.78 is 0. The van der Waals surface area contributed by atoms with Crippen molar-refractivity contribution in [3.05, 3.63) is 52.2 Å². The Bertz CT molecular complexity index is 570. The molecule has 0 bridgehead atoms. The van der Waals surface area contributed by atoms with Crippen molar-refractivity contribution in [1.29, 1.82) is 0 Å². The van der Waals surface area contributed by atoms with E-state index in [1.165, 1.54) is 5.56 Å². The van der Waals surface area contributed by atoms with Crippen molar-refractivity contribution in [1.82, 2.24) is 4.98 Å². The van der Waals surface area contributed by atoms with E-state index in [0.29, 0.717) is 6.54 Å². The normalized spacial score (nSPS) is 10.7. The van der Waals surface area contributed by atoms with Gasteiger partial charge in [-0.2, -0.15) is 0 Å². The number of pyridine rings is 1. The molecular weight excluding hydrogens is 264 g/mol. The first-order chi connectivity index (χ1) is 8.60. The fraction of sp³-hybridized carbons (Fsp3) is 0.214. The first-order valence-electron chi connectivity index (χ1n) is 5.70. The van der Waals surface area contributed by atoms with Crippen molar-refractivity contribution in [2.75, 3.05) is 0 Å². The van der Waals surface area contributed by atoms with E-state index in [0.717, 1.165) is 26.2 Å². The summed E-state index contributed by atoms with van der Waals surface area (Å²) in [6.45, 7) is 4.57. The van der Waals surface area contributed by atoms with E-state index >= 15 is 0 Å². The van der Waals surface area contributed by atoms with Crippen molar-refractivity contribution in [2.24, 2.45) is 5.73 Å². The lowest BCUT2D eigenvalue weighted by Crippen LogP contribution is -2.04. The number of aromatic nitrogens is 1. The highest BCUT2D eigenvalue weighted by Crippen LogP contribution is 2.31. The zero-order chi connectivity index (χ0) is 13.1. The summed E-state index contributed by atoms with van der Waals surface area (Å²) in [4.78, 5) is 5.65. The molecule has 0 atom stereocenters. The van der Waals surface area contributed by atoms with E-state index in [1.807, 2.05) is 31.2 Å². The van der Waals surface area contributed by atoms with Gasteiger partial charge in [0.1, 0.15) is 5.03 Å². The smallest absolute Gasteiger partial charge is 0.106 e. The SMILES string of the molecule is Cc1cc(C)c(CN)c(Sc2cccc(Cl)c2)n1. The van der Waals surface area contributed by atoms with Crippen LogP contribution < -0.4 is 5.73 Å². The molecular formula is C14H15ClN2S. The molecule has 1 heterocycles. The molecule has 0 saturated carbocycles. The maximum atomic E-state index is 5.99. The van der Waals surface area contributed by atoms with E-state index in [9.17, 15) is 0 Å². The summed E-state index contributed by atoms with van der Waals surface area (Å²) in [7, 11) is 0. The minimum absolute atomic E-state index is 0.502. The Morgan fingerprint density at radius 2 is 2.06 bits per heavy atom. The van der Waals surface area contributed by atoms with Crippen LogP contribution >= 0.6 is 23.4 Å². The second kappa shape index (κ2) is 5.74. The van der Waals surface area contributed by atoms with E-state index in [2.05, 4.69) is 18.0 Å². The maximum Gasteiger partial charge on any atom is 0.106 e. The van der Waals surface area contributed by atoms with Crippen molar-refractivity contribution in [3.63, 3.8) is 0 Å². The summed E-state index contributed by atoms with van der Waals surface area (Å²) in [6.07, 6.45) is 0. The molecule has 0 spiro atoms. The average molecular weight is 279 g/mol. The molecule has 94 valence electrons. The van der Waals surface area contributed by atoms with Crippen LogP contribution in [-0.4, -0.2) is 4.98 Å². The molecule has 0 aliphatic heterocycles. The lowest BCUT2D eigenvalue weighted by Gasteiger charge is -2.11. The minimum Gasteiger partial charge on any atom is -0.326 e. The molecule has 1 aromatic carbocycles. The zero-order valence-electron chi connectivity index (χ0n) is 10.4. The third-order valence-corrected chi connectivity index (χ3v) is 3.91. The number of nitrogens with zero attached hydrogens (tertiary/aromatic N) is 1. The molecule has 18 heavy (non-hydrogen) atoms. The third kappa shape index (κ3) is 3.05. The lowest BCUT2D eigenvalue weighted by molar-refractivity contribution is 0.922. The average Bonchev–Trinajstić information content (AvgIpc) is 2.28. The molecule has 1 aromatic heterocycles. The Morgan fingerprint density at radius 1 is 1.28 bits per heavy atom. The standard InChI is InChI=1S/C14H15ClN2S/c1-9-6-10(2)17-14(13(9)8-16)18-12-5-3-4-11(15)7-12/h3-7H,8,16H2,1-2H3. The van der Waals surface area contributed by atoms with Gasteiger partial charge >= 0.3 is 0 Å². The number of aryl methyl sites for hydroxylation is 2. The highest BCUT2D eigenvalue weighted by Gasteiger charge is 2.09. The van der Waals surface area contributed by atoms with Crippen LogP contribution in [0.2, 0.25) is 5.02 Å². The van der Waals surface area contributed by atoms with E-state index in [4.69, 9.17) is 17.3 Å². The predicted molar refractivity (Wildman–Crippen MR) is 77.2 cm³/mol. The Morgan fingerprint density at radius 3 is 2.72 bits per heavy atom. The topological polar surface area (TPSA) is 38.9 Å². The van der Waals surface area contributed by atoms with Gasteiger partial charge in [-0.15, -0.1) is 0 Å². The van der Waals surface area contributed by atoms with Crippen LogP contribution in [0.4, 0.5) is 0 Å². The molecule has 0 aliphatic rings. The monoisotopic (exact) mass is 278 g/mol. The van der Waals surface area contributed by atoms with Crippen LogP contribution in [0.25, 0.3) is 0 Å². The summed E-state index contributed by atoms with van der Waals surface area (Å²) in [6, 6.07) is 9.83. The van der Waals surface area contributed by atoms with Crippen LogP contribution in [-0.2, 0) is 6.54 Å². The highest BCUT2D eigenvalue weighted by atomic mass is 35.5. The summed E-state index contributed by atoms with van der Waals surface area (Å²) >= 11 is 7.59. The largest absolute Gasteiger partial charge is 0.326 e. The van der Waals surface area contributed by atoms with Gasteiger partial charge in [0.05, 0.1) is 0 Å². The number of rotatable bonds is 3. The van der Waals surface area contributed by atoms with Gasteiger partial charge < -0.3 is 5.73 Å². The Kier molecular flexibility index (Phi) is 4.27. The highest BCUT2D eigenvalue weighted by molar-refractivity contribution is 7.99. The molecule has 0 saturated heterocycles. The molecule has 0 aliphatic carbocycles. The second-order valence-electron chi connectivity index (χ2n) is 4.13. The van der Waals surface area contributed by atoms with Crippen LogP contribution in [0.1, 0.15) is 16.8 Å². The Balaban J connectivity index is 2.39. The van der Waals surface area contributed by atoms with Gasteiger partial charge in [0.25, 0.3) is 0 Å². The number of hydrogen-bond donors (Lipinski definition) is 1. The van der Waals surface area contributed by atoms with Crippen LogP contribution in [0.5, 0.6) is 0 Å². The van der Waals surface area contributed by atoms with Crippen molar-refractivity contribution < 1.29 is 0 Å². The zero-order valence-corrected chi connectivity index (χ0v) is 12.0. The van der Waals surface area contributed by atoms with Crippen molar-refractivity contribution in [3.8, 4) is 0 Å². The lowest BCUT2D eigenvalue weighted by atomic mass is 10.1. The number of hydrogen-bond acceptors (Lipinski definition) is 3.